The third-order valence-corrected chi connectivity index (χ3v) is 1.92. The lowest BCUT2D eigenvalue weighted by Crippen LogP contribution is -2.23. The molecule has 0 saturated carbocycles. The number of hydrogen-bond donors (Lipinski definition) is 0. The Morgan fingerprint density at radius 1 is 1.39 bits per heavy atom. The minimum absolute atomic E-state index is 0.191. The molecule has 0 aliphatic rings. The lowest BCUT2D eigenvalue weighted by Gasteiger charge is -2.19. The van der Waals surface area contributed by atoms with Gasteiger partial charge in [-0.05, 0) is 39.0 Å². The third-order valence-electron chi connectivity index (χ3n) is 1.92. The summed E-state index contributed by atoms with van der Waals surface area (Å²) in [5.41, 5.74) is 0.638. The Morgan fingerprint density at radius 3 is 2.72 bits per heavy atom. The number of benzene rings is 1. The van der Waals surface area contributed by atoms with Crippen molar-refractivity contribution in [1.82, 2.24) is 0 Å². The van der Waals surface area contributed by atoms with E-state index >= 15 is 0 Å². The van der Waals surface area contributed by atoms with E-state index in [-0.39, 0.29) is 12.4 Å². The van der Waals surface area contributed by atoms with E-state index in [1.165, 1.54) is 0 Å². The summed E-state index contributed by atoms with van der Waals surface area (Å²) in [4.78, 5) is 22.0. The quantitative estimate of drug-likeness (QED) is 0.456. The van der Waals surface area contributed by atoms with Gasteiger partial charge in [-0.2, -0.15) is 0 Å². The van der Waals surface area contributed by atoms with Crippen LogP contribution in [0.4, 0.5) is 0 Å². The topological polar surface area (TPSA) is 43.4 Å². The normalized spacial score (nSPS) is 10.2. The summed E-state index contributed by atoms with van der Waals surface area (Å²) in [6.45, 7) is 5.45. The molecule has 3 nitrogen and oxygen atoms in total. The SMILES string of the molecule is CC(C)(C)OC(=O)c1cccc(C#CCC=O)c1. The molecule has 0 amide bonds. The van der Waals surface area contributed by atoms with Crippen LogP contribution in [0.3, 0.4) is 0 Å². The van der Waals surface area contributed by atoms with E-state index in [4.69, 9.17) is 4.74 Å². The van der Waals surface area contributed by atoms with E-state index in [1.54, 1.807) is 24.3 Å². The van der Waals surface area contributed by atoms with Crippen molar-refractivity contribution in [3.63, 3.8) is 0 Å². The van der Waals surface area contributed by atoms with Gasteiger partial charge < -0.3 is 9.53 Å². The van der Waals surface area contributed by atoms with Crippen LogP contribution in [0.25, 0.3) is 0 Å². The van der Waals surface area contributed by atoms with Crippen LogP contribution in [0, 0.1) is 11.8 Å². The van der Waals surface area contributed by atoms with Crippen molar-refractivity contribution in [2.45, 2.75) is 32.8 Å². The van der Waals surface area contributed by atoms with Crippen LogP contribution in [0.2, 0.25) is 0 Å². The summed E-state index contributed by atoms with van der Waals surface area (Å²) in [7, 11) is 0. The number of carbonyl (C=O) groups is 2. The smallest absolute Gasteiger partial charge is 0.338 e. The van der Waals surface area contributed by atoms with Crippen LogP contribution < -0.4 is 0 Å². The molecular weight excluding hydrogens is 228 g/mol. The van der Waals surface area contributed by atoms with Gasteiger partial charge in [-0.25, -0.2) is 4.79 Å². The summed E-state index contributed by atoms with van der Waals surface area (Å²) < 4.78 is 5.26. The van der Waals surface area contributed by atoms with Gasteiger partial charge in [0.25, 0.3) is 0 Å². The minimum atomic E-state index is -0.518. The van der Waals surface area contributed by atoms with Crippen molar-refractivity contribution in [3.8, 4) is 11.8 Å². The molecule has 0 aromatic heterocycles. The Kier molecular flexibility index (Phi) is 4.67. The first-order chi connectivity index (χ1) is 8.42. The lowest BCUT2D eigenvalue weighted by molar-refractivity contribution is -0.107. The van der Waals surface area contributed by atoms with Crippen molar-refractivity contribution in [2.24, 2.45) is 0 Å². The standard InChI is InChI=1S/C15H16O3/c1-15(2,3)18-14(17)13-9-6-8-12(11-13)7-4-5-10-16/h6,8-11H,5H2,1-3H3. The molecular formula is C15H16O3. The van der Waals surface area contributed by atoms with Crippen molar-refractivity contribution in [3.05, 3.63) is 35.4 Å². The molecule has 1 rings (SSSR count). The first-order valence-corrected chi connectivity index (χ1v) is 5.68. The molecule has 0 aliphatic carbocycles. The highest BCUT2D eigenvalue weighted by Crippen LogP contribution is 2.13. The molecule has 0 radical (unpaired) electrons. The highest BCUT2D eigenvalue weighted by atomic mass is 16.6. The zero-order chi connectivity index (χ0) is 13.6. The molecule has 18 heavy (non-hydrogen) atoms. The average Bonchev–Trinajstić information content (AvgIpc) is 2.27. The predicted octanol–water partition coefficient (Wildman–Crippen LogP) is 2.58. The number of ether oxygens (including phenoxy) is 1. The zero-order valence-electron chi connectivity index (χ0n) is 10.8. The van der Waals surface area contributed by atoms with Gasteiger partial charge in [-0.15, -0.1) is 0 Å². The molecule has 0 atom stereocenters. The Bertz CT molecular complexity index is 498. The second-order valence-corrected chi connectivity index (χ2v) is 4.76. The highest BCUT2D eigenvalue weighted by molar-refractivity contribution is 5.90. The molecule has 1 aromatic carbocycles. The van der Waals surface area contributed by atoms with Crippen LogP contribution in [-0.2, 0) is 9.53 Å². The number of rotatable bonds is 2. The Morgan fingerprint density at radius 2 is 2.11 bits per heavy atom. The molecule has 94 valence electrons. The predicted molar refractivity (Wildman–Crippen MR) is 69.2 cm³/mol. The first-order valence-electron chi connectivity index (χ1n) is 5.68. The van der Waals surface area contributed by atoms with Gasteiger partial charge in [-0.3, -0.25) is 0 Å². The molecule has 0 saturated heterocycles. The van der Waals surface area contributed by atoms with Crippen LogP contribution in [-0.4, -0.2) is 17.9 Å². The van der Waals surface area contributed by atoms with E-state index in [0.29, 0.717) is 11.1 Å². The van der Waals surface area contributed by atoms with Crippen LogP contribution in [0.1, 0.15) is 43.1 Å². The number of esters is 1. The fraction of sp³-hybridized carbons (Fsp3) is 0.333. The minimum Gasteiger partial charge on any atom is -0.456 e. The maximum atomic E-state index is 11.8. The maximum Gasteiger partial charge on any atom is 0.338 e. The first kappa shape index (κ1) is 14.0. The van der Waals surface area contributed by atoms with Crippen molar-refractivity contribution in [1.29, 1.82) is 0 Å². The Labute approximate surface area is 107 Å². The van der Waals surface area contributed by atoms with Crippen LogP contribution >= 0.6 is 0 Å². The van der Waals surface area contributed by atoms with Gasteiger partial charge in [0.05, 0.1) is 12.0 Å². The second kappa shape index (κ2) is 6.02. The second-order valence-electron chi connectivity index (χ2n) is 4.76. The maximum absolute atomic E-state index is 11.8. The third kappa shape index (κ3) is 4.84. The van der Waals surface area contributed by atoms with E-state index < -0.39 is 5.60 Å². The highest BCUT2D eigenvalue weighted by Gasteiger charge is 2.17. The van der Waals surface area contributed by atoms with E-state index in [0.717, 1.165) is 6.29 Å². The number of carbonyl (C=O) groups excluding carboxylic acids is 2. The van der Waals surface area contributed by atoms with Crippen molar-refractivity contribution >= 4 is 12.3 Å². The molecule has 0 aliphatic heterocycles. The molecule has 0 bridgehead atoms. The van der Waals surface area contributed by atoms with Gasteiger partial charge in [0.2, 0.25) is 0 Å². The van der Waals surface area contributed by atoms with Gasteiger partial charge >= 0.3 is 5.97 Å². The monoisotopic (exact) mass is 244 g/mol. The van der Waals surface area contributed by atoms with E-state index in [1.807, 2.05) is 20.8 Å². The molecule has 1 aromatic rings. The summed E-state index contributed by atoms with van der Waals surface area (Å²) in [5.74, 6) is 5.14. The average molecular weight is 244 g/mol. The van der Waals surface area contributed by atoms with Gasteiger partial charge in [0, 0.05) is 5.56 Å². The molecule has 0 unspecified atom stereocenters. The zero-order valence-corrected chi connectivity index (χ0v) is 10.8. The Hall–Kier alpha value is -2.08. The number of aldehydes is 1. The van der Waals surface area contributed by atoms with Crippen LogP contribution in [0.5, 0.6) is 0 Å². The summed E-state index contributed by atoms with van der Waals surface area (Å²) in [6, 6.07) is 6.86. The van der Waals surface area contributed by atoms with Crippen molar-refractivity contribution in [2.75, 3.05) is 0 Å². The summed E-state index contributed by atoms with van der Waals surface area (Å²) in [5, 5.41) is 0. The summed E-state index contributed by atoms with van der Waals surface area (Å²) >= 11 is 0. The van der Waals surface area contributed by atoms with Gasteiger partial charge in [0.1, 0.15) is 11.9 Å². The largest absolute Gasteiger partial charge is 0.456 e. The Balaban J connectivity index is 2.86. The molecule has 3 heteroatoms. The van der Waals surface area contributed by atoms with E-state index in [9.17, 15) is 9.59 Å². The fourth-order valence-electron chi connectivity index (χ4n) is 1.26. The molecule has 0 fully saturated rings. The number of hydrogen-bond acceptors (Lipinski definition) is 3. The van der Waals surface area contributed by atoms with Crippen LogP contribution in [0.15, 0.2) is 24.3 Å². The molecule has 0 spiro atoms. The van der Waals surface area contributed by atoms with Gasteiger partial charge in [-0.1, -0.05) is 17.9 Å². The fourth-order valence-corrected chi connectivity index (χ4v) is 1.26. The van der Waals surface area contributed by atoms with Crippen molar-refractivity contribution < 1.29 is 14.3 Å². The van der Waals surface area contributed by atoms with E-state index in [2.05, 4.69) is 11.8 Å². The van der Waals surface area contributed by atoms with Gasteiger partial charge in [0.15, 0.2) is 0 Å². The summed E-state index contributed by atoms with van der Waals surface area (Å²) in [6.07, 6.45) is 0.932. The lowest BCUT2D eigenvalue weighted by atomic mass is 10.1. The molecule has 0 N–H and O–H groups in total. The molecule has 0 heterocycles.